The number of guanidine groups is 1. The lowest BCUT2D eigenvalue weighted by molar-refractivity contribution is 0.146. The molecule has 0 aromatic carbocycles. The Hall–Kier alpha value is -2.28. The molecule has 2 N–H and O–H groups in total. The number of nitrogens with one attached hydrogen (secondary N) is 2. The predicted octanol–water partition coefficient (Wildman–Crippen LogP) is 2.96. The van der Waals surface area contributed by atoms with Crippen molar-refractivity contribution in [2.24, 2.45) is 4.99 Å². The fourth-order valence-electron chi connectivity index (χ4n) is 3.79. The Morgan fingerprint density at radius 2 is 2.11 bits per heavy atom. The quantitative estimate of drug-likeness (QED) is 0.394. The van der Waals surface area contributed by atoms with Crippen molar-refractivity contribution >= 4 is 5.96 Å². The highest BCUT2D eigenvalue weighted by Crippen LogP contribution is 2.24. The van der Waals surface area contributed by atoms with E-state index >= 15 is 0 Å². The van der Waals surface area contributed by atoms with Crippen LogP contribution in [0.1, 0.15) is 49.7 Å². The summed E-state index contributed by atoms with van der Waals surface area (Å²) in [4.78, 5) is 11.2. The van der Waals surface area contributed by atoms with Crippen LogP contribution in [0.15, 0.2) is 40.2 Å². The molecule has 0 saturated carbocycles. The summed E-state index contributed by atoms with van der Waals surface area (Å²) in [5.74, 6) is 2.96. The van der Waals surface area contributed by atoms with Crippen molar-refractivity contribution in [1.82, 2.24) is 25.1 Å². The average Bonchev–Trinajstić information content (AvgIpc) is 3.39. The maximum atomic E-state index is 5.72. The van der Waals surface area contributed by atoms with Crippen LogP contribution in [-0.4, -0.2) is 53.6 Å². The first-order valence-electron chi connectivity index (χ1n) is 10.5. The number of likely N-dealkylation sites (tertiary alicyclic amines) is 1. The van der Waals surface area contributed by atoms with Crippen LogP contribution >= 0.6 is 0 Å². The molecule has 2 aromatic heterocycles. The second kappa shape index (κ2) is 10.9. The monoisotopic (exact) mass is 386 g/mol. The molecule has 0 bridgehead atoms. The first-order valence-corrected chi connectivity index (χ1v) is 10.5. The summed E-state index contributed by atoms with van der Waals surface area (Å²) in [5.41, 5.74) is 0. The van der Waals surface area contributed by atoms with E-state index in [1.165, 1.54) is 19.3 Å². The second-order valence-corrected chi connectivity index (χ2v) is 7.38. The zero-order chi connectivity index (χ0) is 19.6. The third-order valence-electron chi connectivity index (χ3n) is 5.43. The van der Waals surface area contributed by atoms with Crippen molar-refractivity contribution in [1.29, 1.82) is 0 Å². The molecule has 0 spiro atoms. The maximum Gasteiger partial charge on any atom is 0.191 e. The van der Waals surface area contributed by atoms with Crippen molar-refractivity contribution in [3.05, 3.63) is 42.4 Å². The number of nitrogens with zero attached hydrogens (tertiary/aromatic N) is 4. The molecule has 7 nitrogen and oxygen atoms in total. The minimum absolute atomic E-state index is 0.248. The van der Waals surface area contributed by atoms with Gasteiger partial charge in [-0.25, -0.2) is 4.98 Å². The molecule has 3 rings (SSSR count). The highest BCUT2D eigenvalue weighted by Gasteiger charge is 2.24. The van der Waals surface area contributed by atoms with E-state index in [4.69, 9.17) is 4.42 Å². The molecule has 0 amide bonds. The Morgan fingerprint density at radius 3 is 2.79 bits per heavy atom. The Bertz CT molecular complexity index is 702. The lowest BCUT2D eigenvalue weighted by Crippen LogP contribution is -2.44. The minimum Gasteiger partial charge on any atom is -0.468 e. The van der Waals surface area contributed by atoms with Crippen molar-refractivity contribution in [3.63, 3.8) is 0 Å². The summed E-state index contributed by atoms with van der Waals surface area (Å²) >= 11 is 0. The molecular formula is C21H34N6O. The number of piperidine rings is 1. The highest BCUT2D eigenvalue weighted by molar-refractivity contribution is 5.79. The SMILES string of the molecule is CN=C(NCCCCn1ccnc1C)NCC(c1ccco1)N1CCCCC1. The number of furan rings is 1. The molecular weight excluding hydrogens is 352 g/mol. The van der Waals surface area contributed by atoms with Gasteiger partial charge in [0, 0.05) is 39.1 Å². The Balaban J connectivity index is 1.42. The largest absolute Gasteiger partial charge is 0.468 e. The molecule has 0 radical (unpaired) electrons. The zero-order valence-corrected chi connectivity index (χ0v) is 17.2. The van der Waals surface area contributed by atoms with Gasteiger partial charge in [0.25, 0.3) is 0 Å². The summed E-state index contributed by atoms with van der Waals surface area (Å²) in [7, 11) is 1.83. The van der Waals surface area contributed by atoms with E-state index in [0.717, 1.165) is 63.1 Å². The summed E-state index contributed by atoms with van der Waals surface area (Å²) < 4.78 is 7.92. The smallest absolute Gasteiger partial charge is 0.191 e. The standard InChI is InChI=1S/C21H34N6O/c1-18-23-11-15-26(18)12-7-4-10-24-21(22-2)25-17-19(20-9-8-16-28-20)27-13-5-3-6-14-27/h8-9,11,15-16,19H,3-7,10,12-14,17H2,1-2H3,(H2,22,24,25). The van der Waals surface area contributed by atoms with Crippen LogP contribution in [0.5, 0.6) is 0 Å². The number of aliphatic imine (C=N–C) groups is 1. The van der Waals surface area contributed by atoms with Gasteiger partial charge < -0.3 is 19.6 Å². The number of hydrogen-bond donors (Lipinski definition) is 2. The molecule has 1 atom stereocenters. The average molecular weight is 387 g/mol. The molecule has 154 valence electrons. The molecule has 1 aliphatic heterocycles. The van der Waals surface area contributed by atoms with Gasteiger partial charge in [-0.3, -0.25) is 9.89 Å². The Labute approximate surface area is 168 Å². The van der Waals surface area contributed by atoms with Gasteiger partial charge in [0.1, 0.15) is 11.6 Å². The van der Waals surface area contributed by atoms with E-state index in [2.05, 4.69) is 36.1 Å². The van der Waals surface area contributed by atoms with Crippen molar-refractivity contribution in [2.75, 3.05) is 33.2 Å². The number of imidazole rings is 1. The van der Waals surface area contributed by atoms with E-state index in [1.807, 2.05) is 32.4 Å². The lowest BCUT2D eigenvalue weighted by atomic mass is 10.1. The van der Waals surface area contributed by atoms with Crippen LogP contribution in [0.25, 0.3) is 0 Å². The van der Waals surface area contributed by atoms with Crippen molar-refractivity contribution in [3.8, 4) is 0 Å². The van der Waals surface area contributed by atoms with Gasteiger partial charge in [-0.15, -0.1) is 0 Å². The summed E-state index contributed by atoms with van der Waals surface area (Å²) in [6.45, 7) is 7.01. The lowest BCUT2D eigenvalue weighted by Gasteiger charge is -2.33. The second-order valence-electron chi connectivity index (χ2n) is 7.38. The summed E-state index contributed by atoms with van der Waals surface area (Å²) in [6.07, 6.45) is 11.7. The number of unbranched alkanes of at least 4 members (excludes halogenated alkanes) is 1. The molecule has 2 aromatic rings. The van der Waals surface area contributed by atoms with E-state index in [1.54, 1.807) is 6.26 Å². The van der Waals surface area contributed by atoms with Crippen molar-refractivity contribution in [2.45, 2.75) is 51.6 Å². The van der Waals surface area contributed by atoms with Gasteiger partial charge in [0.05, 0.1) is 12.3 Å². The van der Waals surface area contributed by atoms with Gasteiger partial charge in [0.2, 0.25) is 0 Å². The Kier molecular flexibility index (Phi) is 7.96. The summed E-state index contributed by atoms with van der Waals surface area (Å²) in [5, 5.41) is 6.92. The predicted molar refractivity (Wildman–Crippen MR) is 112 cm³/mol. The fourth-order valence-corrected chi connectivity index (χ4v) is 3.79. The zero-order valence-electron chi connectivity index (χ0n) is 17.2. The maximum absolute atomic E-state index is 5.72. The molecule has 1 aliphatic rings. The summed E-state index contributed by atoms with van der Waals surface area (Å²) in [6, 6.07) is 4.30. The van der Waals surface area contributed by atoms with Crippen LogP contribution in [0, 0.1) is 6.92 Å². The number of hydrogen-bond acceptors (Lipinski definition) is 4. The number of aromatic nitrogens is 2. The van der Waals surface area contributed by atoms with Gasteiger partial charge >= 0.3 is 0 Å². The van der Waals surface area contributed by atoms with Crippen LogP contribution in [-0.2, 0) is 6.54 Å². The van der Waals surface area contributed by atoms with Gasteiger partial charge in [-0.05, 0) is 57.8 Å². The minimum atomic E-state index is 0.248. The van der Waals surface area contributed by atoms with E-state index in [0.29, 0.717) is 0 Å². The third kappa shape index (κ3) is 5.86. The van der Waals surface area contributed by atoms with Gasteiger partial charge in [-0.2, -0.15) is 0 Å². The number of aryl methyl sites for hydroxylation is 2. The molecule has 0 aliphatic carbocycles. The molecule has 3 heterocycles. The fraction of sp³-hybridized carbons (Fsp3) is 0.619. The van der Waals surface area contributed by atoms with Crippen LogP contribution in [0.4, 0.5) is 0 Å². The molecule has 1 saturated heterocycles. The van der Waals surface area contributed by atoms with E-state index in [9.17, 15) is 0 Å². The van der Waals surface area contributed by atoms with E-state index < -0.39 is 0 Å². The first kappa shape index (κ1) is 20.5. The highest BCUT2D eigenvalue weighted by atomic mass is 16.3. The van der Waals surface area contributed by atoms with Crippen LogP contribution in [0.2, 0.25) is 0 Å². The van der Waals surface area contributed by atoms with Gasteiger partial charge in [0.15, 0.2) is 5.96 Å². The normalized spacial score (nSPS) is 16.9. The third-order valence-corrected chi connectivity index (χ3v) is 5.43. The van der Waals surface area contributed by atoms with Crippen LogP contribution in [0.3, 0.4) is 0 Å². The van der Waals surface area contributed by atoms with Crippen LogP contribution < -0.4 is 10.6 Å². The first-order chi connectivity index (χ1) is 13.8. The number of rotatable bonds is 9. The van der Waals surface area contributed by atoms with Gasteiger partial charge in [-0.1, -0.05) is 6.42 Å². The van der Waals surface area contributed by atoms with Crippen molar-refractivity contribution < 1.29 is 4.42 Å². The molecule has 7 heteroatoms. The molecule has 1 fully saturated rings. The topological polar surface area (TPSA) is 70.6 Å². The molecule has 1 unspecified atom stereocenters. The molecule has 28 heavy (non-hydrogen) atoms. The Morgan fingerprint density at radius 1 is 1.25 bits per heavy atom. The van der Waals surface area contributed by atoms with E-state index in [-0.39, 0.29) is 6.04 Å².